The number of rotatable bonds is 1. The van der Waals surface area contributed by atoms with Crippen molar-refractivity contribution in [2.24, 2.45) is 0 Å². The van der Waals surface area contributed by atoms with Crippen LogP contribution in [0, 0.1) is 6.92 Å². The molecule has 5 heteroatoms. The molecule has 5 nitrogen and oxygen atoms in total. The first kappa shape index (κ1) is 10.6. The maximum absolute atomic E-state index is 10.0. The van der Waals surface area contributed by atoms with Gasteiger partial charge in [-0.05, 0) is 27.2 Å². The number of hydrogen-bond acceptors (Lipinski definition) is 4. The zero-order valence-electron chi connectivity index (χ0n) is 9.29. The van der Waals surface area contributed by atoms with Crippen molar-refractivity contribution < 1.29 is 9.84 Å². The lowest BCUT2D eigenvalue weighted by Gasteiger charge is -2.36. The molecule has 2 rings (SSSR count). The number of aliphatic hydroxyl groups excluding tert-OH is 1. The summed E-state index contributed by atoms with van der Waals surface area (Å²) in [6, 6.07) is -0.0232. The summed E-state index contributed by atoms with van der Waals surface area (Å²) in [5.74, 6) is 0. The number of ether oxygens (including phenoxy) is 1. The van der Waals surface area contributed by atoms with Gasteiger partial charge < -0.3 is 9.84 Å². The molecule has 0 bridgehead atoms. The molecular weight excluding hydrogens is 194 g/mol. The standard InChI is InChI=1S/C10H17N3O2/c1-6-5-13(12-11-6)9-4-7(2)15-8(3)10(9)14/h5,7-10,14H,4H2,1-3H3. The molecule has 15 heavy (non-hydrogen) atoms. The van der Waals surface area contributed by atoms with E-state index in [1.165, 1.54) is 0 Å². The van der Waals surface area contributed by atoms with Crippen LogP contribution in [0.2, 0.25) is 0 Å². The molecule has 1 aromatic rings. The molecule has 1 aromatic heterocycles. The number of aliphatic hydroxyl groups is 1. The number of nitrogens with zero attached hydrogens (tertiary/aromatic N) is 3. The summed E-state index contributed by atoms with van der Waals surface area (Å²) in [6.07, 6.45) is 2.12. The summed E-state index contributed by atoms with van der Waals surface area (Å²) < 4.78 is 7.29. The van der Waals surface area contributed by atoms with Crippen LogP contribution in [0.5, 0.6) is 0 Å². The highest BCUT2D eigenvalue weighted by atomic mass is 16.5. The molecule has 0 radical (unpaired) electrons. The van der Waals surface area contributed by atoms with Gasteiger partial charge in [0.1, 0.15) is 6.10 Å². The first-order chi connectivity index (χ1) is 7.08. The quantitative estimate of drug-likeness (QED) is 0.742. The van der Waals surface area contributed by atoms with Crippen LogP contribution in [0.3, 0.4) is 0 Å². The van der Waals surface area contributed by atoms with E-state index < -0.39 is 6.10 Å². The van der Waals surface area contributed by atoms with Crippen molar-refractivity contribution in [2.75, 3.05) is 0 Å². The molecule has 0 spiro atoms. The molecule has 0 saturated carbocycles. The van der Waals surface area contributed by atoms with E-state index in [1.807, 2.05) is 27.0 Å². The van der Waals surface area contributed by atoms with Crippen molar-refractivity contribution in [3.63, 3.8) is 0 Å². The van der Waals surface area contributed by atoms with Crippen LogP contribution in [0.25, 0.3) is 0 Å². The monoisotopic (exact) mass is 211 g/mol. The molecule has 0 aromatic carbocycles. The zero-order valence-corrected chi connectivity index (χ0v) is 9.29. The molecule has 1 fully saturated rings. The Bertz CT molecular complexity index is 339. The minimum absolute atomic E-state index is 0.0232. The van der Waals surface area contributed by atoms with Crippen molar-refractivity contribution in [1.29, 1.82) is 0 Å². The highest BCUT2D eigenvalue weighted by Gasteiger charge is 2.35. The van der Waals surface area contributed by atoms with Crippen molar-refractivity contribution in [3.8, 4) is 0 Å². The Kier molecular flexibility index (Phi) is 2.75. The van der Waals surface area contributed by atoms with Gasteiger partial charge in [-0.3, -0.25) is 0 Å². The fourth-order valence-corrected chi connectivity index (χ4v) is 2.09. The second-order valence-electron chi connectivity index (χ2n) is 4.29. The summed E-state index contributed by atoms with van der Waals surface area (Å²) in [7, 11) is 0. The minimum Gasteiger partial charge on any atom is -0.388 e. The van der Waals surface area contributed by atoms with Crippen molar-refractivity contribution in [3.05, 3.63) is 11.9 Å². The number of aromatic nitrogens is 3. The third-order valence-corrected chi connectivity index (χ3v) is 2.86. The fourth-order valence-electron chi connectivity index (χ4n) is 2.09. The Balaban J connectivity index is 2.20. The van der Waals surface area contributed by atoms with Gasteiger partial charge >= 0.3 is 0 Å². The van der Waals surface area contributed by atoms with Gasteiger partial charge in [-0.2, -0.15) is 0 Å². The van der Waals surface area contributed by atoms with E-state index in [9.17, 15) is 5.11 Å². The van der Waals surface area contributed by atoms with Gasteiger partial charge in [0.2, 0.25) is 0 Å². The maximum atomic E-state index is 10.0. The van der Waals surface area contributed by atoms with Crippen LogP contribution in [0.15, 0.2) is 6.20 Å². The Morgan fingerprint density at radius 2 is 2.27 bits per heavy atom. The number of hydrogen-bond donors (Lipinski definition) is 1. The van der Waals surface area contributed by atoms with Crippen LogP contribution in [0.4, 0.5) is 0 Å². The van der Waals surface area contributed by atoms with E-state index in [2.05, 4.69) is 10.3 Å². The first-order valence-corrected chi connectivity index (χ1v) is 5.30. The van der Waals surface area contributed by atoms with Crippen LogP contribution in [-0.2, 0) is 4.74 Å². The van der Waals surface area contributed by atoms with Gasteiger partial charge in [-0.1, -0.05) is 5.21 Å². The number of aryl methyl sites for hydroxylation is 1. The van der Waals surface area contributed by atoms with E-state index in [1.54, 1.807) is 4.68 Å². The minimum atomic E-state index is -0.512. The Labute approximate surface area is 89.0 Å². The van der Waals surface area contributed by atoms with Crippen molar-refractivity contribution in [1.82, 2.24) is 15.0 Å². The normalized spacial score (nSPS) is 36.8. The van der Waals surface area contributed by atoms with Gasteiger partial charge in [-0.25, -0.2) is 4.68 Å². The molecule has 2 heterocycles. The average Bonchev–Trinajstić information content (AvgIpc) is 2.58. The Hall–Kier alpha value is -0.940. The van der Waals surface area contributed by atoms with Crippen LogP contribution in [0.1, 0.15) is 32.0 Å². The lowest BCUT2D eigenvalue weighted by atomic mass is 9.97. The highest BCUT2D eigenvalue weighted by Crippen LogP contribution is 2.28. The van der Waals surface area contributed by atoms with E-state index in [0.29, 0.717) is 0 Å². The topological polar surface area (TPSA) is 60.2 Å². The summed E-state index contributed by atoms with van der Waals surface area (Å²) in [5, 5.41) is 18.0. The highest BCUT2D eigenvalue weighted by molar-refractivity contribution is 4.93. The molecule has 84 valence electrons. The molecule has 4 atom stereocenters. The van der Waals surface area contributed by atoms with Gasteiger partial charge in [0, 0.05) is 6.20 Å². The molecule has 1 N–H and O–H groups in total. The molecule has 1 aliphatic heterocycles. The lowest BCUT2D eigenvalue weighted by molar-refractivity contribution is -0.128. The average molecular weight is 211 g/mol. The second kappa shape index (κ2) is 3.90. The Morgan fingerprint density at radius 1 is 1.53 bits per heavy atom. The largest absolute Gasteiger partial charge is 0.388 e. The fraction of sp³-hybridized carbons (Fsp3) is 0.800. The molecule has 0 aliphatic carbocycles. The summed E-state index contributed by atoms with van der Waals surface area (Å²) in [6.45, 7) is 5.79. The maximum Gasteiger partial charge on any atom is 0.102 e. The molecule has 4 unspecified atom stereocenters. The Morgan fingerprint density at radius 3 is 2.87 bits per heavy atom. The van der Waals surface area contributed by atoms with E-state index in [0.717, 1.165) is 12.1 Å². The van der Waals surface area contributed by atoms with Crippen molar-refractivity contribution in [2.45, 2.75) is 51.5 Å². The molecule has 1 saturated heterocycles. The molecular formula is C10H17N3O2. The SMILES string of the molecule is Cc1cn(C2CC(C)OC(C)C2O)nn1. The van der Waals surface area contributed by atoms with Crippen molar-refractivity contribution >= 4 is 0 Å². The smallest absolute Gasteiger partial charge is 0.102 e. The lowest BCUT2D eigenvalue weighted by Crippen LogP contribution is -2.43. The van der Waals surface area contributed by atoms with Crippen LogP contribution < -0.4 is 0 Å². The first-order valence-electron chi connectivity index (χ1n) is 5.30. The zero-order chi connectivity index (χ0) is 11.0. The third kappa shape index (κ3) is 2.03. The predicted molar refractivity (Wildman–Crippen MR) is 54.4 cm³/mol. The van der Waals surface area contributed by atoms with E-state index in [4.69, 9.17) is 4.74 Å². The molecule has 0 amide bonds. The van der Waals surface area contributed by atoms with Crippen LogP contribution in [-0.4, -0.2) is 38.4 Å². The van der Waals surface area contributed by atoms with Gasteiger partial charge in [0.25, 0.3) is 0 Å². The van der Waals surface area contributed by atoms with Gasteiger partial charge in [0.15, 0.2) is 0 Å². The molecule has 1 aliphatic rings. The summed E-state index contributed by atoms with van der Waals surface area (Å²) in [5.41, 5.74) is 0.869. The van der Waals surface area contributed by atoms with Crippen LogP contribution >= 0.6 is 0 Å². The summed E-state index contributed by atoms with van der Waals surface area (Å²) in [4.78, 5) is 0. The second-order valence-corrected chi connectivity index (χ2v) is 4.29. The van der Waals surface area contributed by atoms with Gasteiger partial charge in [0.05, 0.1) is 23.9 Å². The van der Waals surface area contributed by atoms with E-state index in [-0.39, 0.29) is 18.2 Å². The predicted octanol–water partition coefficient (Wildman–Crippen LogP) is 0.686. The van der Waals surface area contributed by atoms with Gasteiger partial charge in [-0.15, -0.1) is 5.10 Å². The summed E-state index contributed by atoms with van der Waals surface area (Å²) >= 11 is 0. The third-order valence-electron chi connectivity index (χ3n) is 2.86. The van der Waals surface area contributed by atoms with E-state index >= 15 is 0 Å².